The highest BCUT2D eigenvalue weighted by atomic mass is 16.5. The van der Waals surface area contributed by atoms with Crippen LogP contribution < -0.4 is 4.74 Å². The molecular weight excluding hydrogens is 260 g/mol. The Bertz CT molecular complexity index is 638. The Morgan fingerprint density at radius 3 is 2.52 bits per heavy atom. The van der Waals surface area contributed by atoms with Crippen molar-refractivity contribution < 1.29 is 9.53 Å². The minimum absolute atomic E-state index is 0.250. The van der Waals surface area contributed by atoms with Crippen LogP contribution in [0.15, 0.2) is 42.0 Å². The molecule has 0 heterocycles. The molecule has 2 nitrogen and oxygen atoms in total. The van der Waals surface area contributed by atoms with Gasteiger partial charge in [-0.05, 0) is 59.4 Å². The van der Waals surface area contributed by atoms with Gasteiger partial charge in [0.25, 0.3) is 0 Å². The van der Waals surface area contributed by atoms with Crippen molar-refractivity contribution in [2.24, 2.45) is 29.6 Å². The molecule has 0 radical (unpaired) electrons. The van der Waals surface area contributed by atoms with E-state index in [-0.39, 0.29) is 5.92 Å². The molecule has 3 aliphatic carbocycles. The summed E-state index contributed by atoms with van der Waals surface area (Å²) in [5.74, 6) is 3.53. The first-order chi connectivity index (χ1) is 10.2. The second-order valence-corrected chi connectivity index (χ2v) is 6.58. The van der Waals surface area contributed by atoms with Crippen LogP contribution in [0.5, 0.6) is 5.75 Å². The zero-order chi connectivity index (χ0) is 14.6. The fraction of sp³-hybridized carbons (Fsp3) is 0.421. The first kappa shape index (κ1) is 12.9. The van der Waals surface area contributed by atoms with Crippen molar-refractivity contribution >= 4 is 11.9 Å². The first-order valence-electron chi connectivity index (χ1n) is 7.77. The number of hydrogen-bond donors (Lipinski definition) is 0. The minimum atomic E-state index is 0.250. The van der Waals surface area contributed by atoms with Gasteiger partial charge in [-0.2, -0.15) is 0 Å². The maximum atomic E-state index is 12.8. The van der Waals surface area contributed by atoms with Gasteiger partial charge in [-0.1, -0.05) is 31.2 Å². The van der Waals surface area contributed by atoms with Crippen molar-refractivity contribution in [2.75, 3.05) is 7.11 Å². The minimum Gasteiger partial charge on any atom is -0.497 e. The first-order valence-corrected chi connectivity index (χ1v) is 7.77. The molecule has 108 valence electrons. The Hall–Kier alpha value is -1.83. The molecular formula is C19H20O2. The van der Waals surface area contributed by atoms with Crippen LogP contribution >= 0.6 is 0 Å². The third-order valence-corrected chi connectivity index (χ3v) is 5.61. The standard InChI is InChI=1S/C19H20O2/c1-11-16(9-12-3-7-15(21-2)8-4-12)19(20)18-14-6-5-13(10-14)17(11)18/h3-9,11,13-14,17-18H,10H2,1-2H3/t11-,13+,14-,17-,18+/m1/s1. The summed E-state index contributed by atoms with van der Waals surface area (Å²) >= 11 is 0. The molecule has 2 saturated carbocycles. The lowest BCUT2D eigenvalue weighted by molar-refractivity contribution is -0.118. The monoisotopic (exact) mass is 280 g/mol. The highest BCUT2D eigenvalue weighted by Gasteiger charge is 2.56. The number of ether oxygens (including phenoxy) is 1. The largest absolute Gasteiger partial charge is 0.497 e. The predicted molar refractivity (Wildman–Crippen MR) is 82.9 cm³/mol. The number of fused-ring (bicyclic) bond motifs is 5. The Kier molecular flexibility index (Phi) is 2.81. The molecule has 1 aromatic rings. The van der Waals surface area contributed by atoms with Gasteiger partial charge in [-0.3, -0.25) is 4.79 Å². The maximum absolute atomic E-state index is 12.8. The van der Waals surface area contributed by atoms with E-state index in [0.29, 0.717) is 29.5 Å². The highest BCUT2D eigenvalue weighted by Crippen LogP contribution is 2.57. The summed E-state index contributed by atoms with van der Waals surface area (Å²) < 4.78 is 5.18. The number of allylic oxidation sites excluding steroid dienone is 3. The summed E-state index contributed by atoms with van der Waals surface area (Å²) in [6.45, 7) is 2.23. The van der Waals surface area contributed by atoms with E-state index in [1.165, 1.54) is 6.42 Å². The van der Waals surface area contributed by atoms with Crippen LogP contribution in [-0.4, -0.2) is 12.9 Å². The summed E-state index contributed by atoms with van der Waals surface area (Å²) in [6, 6.07) is 7.94. The number of hydrogen-bond acceptors (Lipinski definition) is 2. The third-order valence-electron chi connectivity index (χ3n) is 5.61. The zero-order valence-corrected chi connectivity index (χ0v) is 12.5. The van der Waals surface area contributed by atoms with Gasteiger partial charge in [-0.15, -0.1) is 0 Å². The van der Waals surface area contributed by atoms with Crippen molar-refractivity contribution in [3.8, 4) is 5.75 Å². The molecule has 3 aliphatic rings. The van der Waals surface area contributed by atoms with Gasteiger partial charge in [0.05, 0.1) is 7.11 Å². The van der Waals surface area contributed by atoms with Gasteiger partial charge >= 0.3 is 0 Å². The Morgan fingerprint density at radius 1 is 1.14 bits per heavy atom. The summed E-state index contributed by atoms with van der Waals surface area (Å²) in [4.78, 5) is 12.8. The number of Topliss-reactive ketones (excluding diaryl/α,β-unsaturated/α-hetero) is 1. The number of benzene rings is 1. The van der Waals surface area contributed by atoms with Crippen molar-refractivity contribution in [3.05, 3.63) is 47.6 Å². The molecule has 21 heavy (non-hydrogen) atoms. The van der Waals surface area contributed by atoms with Gasteiger partial charge in [0.2, 0.25) is 0 Å². The SMILES string of the molecule is COc1ccc(C=C2C(=O)[C@@H]3[C@H]([C@@H]2C)[C@H]2C=C[C@@H]3C2)cc1. The van der Waals surface area contributed by atoms with Crippen LogP contribution in [-0.2, 0) is 4.79 Å². The Morgan fingerprint density at radius 2 is 1.86 bits per heavy atom. The fourth-order valence-corrected chi connectivity index (χ4v) is 4.62. The van der Waals surface area contributed by atoms with E-state index >= 15 is 0 Å². The van der Waals surface area contributed by atoms with E-state index in [1.807, 2.05) is 24.3 Å². The van der Waals surface area contributed by atoms with Crippen molar-refractivity contribution in [1.29, 1.82) is 0 Å². The molecule has 1 aromatic carbocycles. The van der Waals surface area contributed by atoms with E-state index in [1.54, 1.807) is 7.11 Å². The summed E-state index contributed by atoms with van der Waals surface area (Å²) in [5, 5.41) is 0. The maximum Gasteiger partial charge on any atom is 0.163 e. The Labute approximate surface area is 125 Å². The molecule has 0 amide bonds. The smallest absolute Gasteiger partial charge is 0.163 e. The number of carbonyl (C=O) groups is 1. The van der Waals surface area contributed by atoms with Crippen LogP contribution in [0, 0.1) is 29.6 Å². The van der Waals surface area contributed by atoms with E-state index in [4.69, 9.17) is 4.74 Å². The quantitative estimate of drug-likeness (QED) is 0.609. The van der Waals surface area contributed by atoms with Gasteiger partial charge in [0.1, 0.15) is 5.75 Å². The third kappa shape index (κ3) is 1.81. The van der Waals surface area contributed by atoms with Crippen molar-refractivity contribution in [1.82, 2.24) is 0 Å². The van der Waals surface area contributed by atoms with Crippen LogP contribution in [0.1, 0.15) is 18.9 Å². The summed E-state index contributed by atoms with van der Waals surface area (Å²) in [5.41, 5.74) is 2.11. The topological polar surface area (TPSA) is 26.3 Å². The predicted octanol–water partition coefficient (Wildman–Crippen LogP) is 3.74. The molecule has 0 spiro atoms. The average molecular weight is 280 g/mol. The number of methoxy groups -OCH3 is 1. The van der Waals surface area contributed by atoms with Gasteiger partial charge < -0.3 is 4.74 Å². The van der Waals surface area contributed by atoms with E-state index in [9.17, 15) is 4.79 Å². The molecule has 2 bridgehead atoms. The molecule has 0 unspecified atom stereocenters. The number of ketones is 1. The van der Waals surface area contributed by atoms with Gasteiger partial charge in [-0.25, -0.2) is 0 Å². The lowest BCUT2D eigenvalue weighted by atomic mass is 9.81. The fourth-order valence-electron chi connectivity index (χ4n) is 4.62. The molecule has 0 saturated heterocycles. The molecule has 2 heteroatoms. The van der Waals surface area contributed by atoms with Crippen molar-refractivity contribution in [3.63, 3.8) is 0 Å². The average Bonchev–Trinajstić information content (AvgIpc) is 3.18. The second-order valence-electron chi connectivity index (χ2n) is 6.58. The van der Waals surface area contributed by atoms with Gasteiger partial charge in [0.15, 0.2) is 5.78 Å². The molecule has 0 N–H and O–H groups in total. The van der Waals surface area contributed by atoms with Crippen LogP contribution in [0.2, 0.25) is 0 Å². The van der Waals surface area contributed by atoms with Crippen LogP contribution in [0.25, 0.3) is 6.08 Å². The number of rotatable bonds is 2. The molecule has 2 fully saturated rings. The number of carbonyl (C=O) groups excluding carboxylic acids is 1. The highest BCUT2D eigenvalue weighted by molar-refractivity contribution is 6.04. The normalized spacial score (nSPS) is 38.3. The molecule has 5 atom stereocenters. The molecule has 0 aliphatic heterocycles. The molecule has 0 aromatic heterocycles. The summed E-state index contributed by atoms with van der Waals surface area (Å²) in [6.07, 6.45) is 7.89. The van der Waals surface area contributed by atoms with Crippen LogP contribution in [0.4, 0.5) is 0 Å². The van der Waals surface area contributed by atoms with E-state index in [0.717, 1.165) is 16.9 Å². The summed E-state index contributed by atoms with van der Waals surface area (Å²) in [7, 11) is 1.67. The lowest BCUT2D eigenvalue weighted by Crippen LogP contribution is -2.20. The van der Waals surface area contributed by atoms with Crippen LogP contribution in [0.3, 0.4) is 0 Å². The van der Waals surface area contributed by atoms with E-state index < -0.39 is 0 Å². The lowest BCUT2D eigenvalue weighted by Gasteiger charge is -2.21. The second kappa shape index (κ2) is 4.59. The zero-order valence-electron chi connectivity index (χ0n) is 12.5. The van der Waals surface area contributed by atoms with E-state index in [2.05, 4.69) is 25.2 Å². The van der Waals surface area contributed by atoms with Gasteiger partial charge in [0, 0.05) is 5.92 Å². The van der Waals surface area contributed by atoms with Crippen molar-refractivity contribution in [2.45, 2.75) is 13.3 Å². The molecule has 4 rings (SSSR count). The Balaban J connectivity index is 1.66.